The number of aromatic nitrogens is 4. The summed E-state index contributed by atoms with van der Waals surface area (Å²) in [5.41, 5.74) is 1.10. The van der Waals surface area contributed by atoms with Gasteiger partial charge < -0.3 is 9.80 Å². The predicted molar refractivity (Wildman–Crippen MR) is 106 cm³/mol. The lowest BCUT2D eigenvalue weighted by Gasteiger charge is -2.34. The van der Waals surface area contributed by atoms with E-state index in [9.17, 15) is 10.1 Å². The summed E-state index contributed by atoms with van der Waals surface area (Å²) in [4.78, 5) is 23.2. The molecule has 0 saturated carbocycles. The van der Waals surface area contributed by atoms with E-state index in [4.69, 9.17) is 11.6 Å². The predicted octanol–water partition coefficient (Wildman–Crippen LogP) is 2.61. The molecule has 0 bridgehead atoms. The molecule has 1 saturated heterocycles. The van der Waals surface area contributed by atoms with Gasteiger partial charge in [0, 0.05) is 37.3 Å². The van der Waals surface area contributed by atoms with Crippen LogP contribution in [0.5, 0.6) is 0 Å². The molecule has 10 heteroatoms. The molecule has 144 valence electrons. The first-order valence-electron chi connectivity index (χ1n) is 8.83. The van der Waals surface area contributed by atoms with Crippen LogP contribution in [0, 0.1) is 10.1 Å². The van der Waals surface area contributed by atoms with Crippen molar-refractivity contribution < 1.29 is 4.92 Å². The van der Waals surface area contributed by atoms with Crippen molar-refractivity contribution in [3.8, 4) is 0 Å². The number of anilines is 2. The normalized spacial score (nSPS) is 14.3. The van der Waals surface area contributed by atoms with Crippen molar-refractivity contribution in [3.63, 3.8) is 0 Å². The van der Waals surface area contributed by atoms with Crippen LogP contribution in [0.25, 0.3) is 0 Å². The molecular formula is C18H18ClN7O2. The SMILES string of the molecule is O=[N+]([O-])c1ccc(N2CCN(c3ncn(Cc4ccc(Cl)cc4)n3)CC2)nc1. The van der Waals surface area contributed by atoms with Gasteiger partial charge in [0.05, 0.1) is 11.5 Å². The number of benzene rings is 1. The highest BCUT2D eigenvalue weighted by Crippen LogP contribution is 2.19. The Morgan fingerprint density at radius 3 is 2.36 bits per heavy atom. The summed E-state index contributed by atoms with van der Waals surface area (Å²) in [6, 6.07) is 10.8. The highest BCUT2D eigenvalue weighted by molar-refractivity contribution is 6.30. The molecule has 1 aliphatic rings. The van der Waals surface area contributed by atoms with Crippen LogP contribution in [-0.4, -0.2) is 50.9 Å². The molecule has 1 fully saturated rings. The largest absolute Gasteiger partial charge is 0.353 e. The number of hydrogen-bond acceptors (Lipinski definition) is 7. The summed E-state index contributed by atoms with van der Waals surface area (Å²) < 4.78 is 1.81. The zero-order chi connectivity index (χ0) is 19.5. The average Bonchev–Trinajstić information content (AvgIpc) is 3.18. The van der Waals surface area contributed by atoms with Crippen molar-refractivity contribution in [1.82, 2.24) is 19.7 Å². The number of halogens is 1. The zero-order valence-corrected chi connectivity index (χ0v) is 15.7. The molecule has 0 unspecified atom stereocenters. The molecule has 1 aromatic carbocycles. The quantitative estimate of drug-likeness (QED) is 0.480. The van der Waals surface area contributed by atoms with Crippen LogP contribution in [0.4, 0.5) is 17.5 Å². The topological polar surface area (TPSA) is 93.2 Å². The second-order valence-electron chi connectivity index (χ2n) is 6.47. The highest BCUT2D eigenvalue weighted by atomic mass is 35.5. The molecule has 1 aliphatic heterocycles. The summed E-state index contributed by atoms with van der Waals surface area (Å²) in [6.45, 7) is 3.64. The monoisotopic (exact) mass is 399 g/mol. The number of nitrogens with zero attached hydrogens (tertiary/aromatic N) is 7. The summed E-state index contributed by atoms with van der Waals surface area (Å²) in [7, 11) is 0. The third kappa shape index (κ3) is 4.04. The molecule has 0 amide bonds. The minimum Gasteiger partial charge on any atom is -0.353 e. The van der Waals surface area contributed by atoms with Gasteiger partial charge >= 0.3 is 0 Å². The van der Waals surface area contributed by atoms with Gasteiger partial charge in [-0.3, -0.25) is 10.1 Å². The number of pyridine rings is 1. The minimum absolute atomic E-state index is 0.00202. The van der Waals surface area contributed by atoms with Gasteiger partial charge in [-0.2, -0.15) is 0 Å². The van der Waals surface area contributed by atoms with Gasteiger partial charge in [-0.15, -0.1) is 5.10 Å². The number of piperazine rings is 1. The first-order valence-corrected chi connectivity index (χ1v) is 9.20. The van der Waals surface area contributed by atoms with Crippen LogP contribution in [0.1, 0.15) is 5.56 Å². The fourth-order valence-electron chi connectivity index (χ4n) is 3.09. The summed E-state index contributed by atoms with van der Waals surface area (Å²) in [5, 5.41) is 16.0. The molecule has 3 aromatic rings. The third-order valence-corrected chi connectivity index (χ3v) is 4.86. The smallest absolute Gasteiger partial charge is 0.287 e. The Labute approximate surface area is 166 Å². The Balaban J connectivity index is 1.35. The molecule has 0 aliphatic carbocycles. The lowest BCUT2D eigenvalue weighted by Crippen LogP contribution is -2.47. The Morgan fingerprint density at radius 2 is 1.71 bits per heavy atom. The molecule has 0 radical (unpaired) electrons. The molecule has 28 heavy (non-hydrogen) atoms. The van der Waals surface area contributed by atoms with Gasteiger partial charge in [-0.25, -0.2) is 14.6 Å². The van der Waals surface area contributed by atoms with Crippen LogP contribution in [0.3, 0.4) is 0 Å². The van der Waals surface area contributed by atoms with E-state index in [0.717, 1.165) is 37.6 Å². The molecule has 9 nitrogen and oxygen atoms in total. The van der Waals surface area contributed by atoms with Gasteiger partial charge in [0.1, 0.15) is 18.3 Å². The van der Waals surface area contributed by atoms with Crippen LogP contribution in [-0.2, 0) is 6.54 Å². The average molecular weight is 400 g/mol. The highest BCUT2D eigenvalue weighted by Gasteiger charge is 2.21. The molecule has 0 spiro atoms. The lowest BCUT2D eigenvalue weighted by atomic mass is 10.2. The number of nitro groups is 1. The molecule has 2 aromatic heterocycles. The van der Waals surface area contributed by atoms with Gasteiger partial charge in [0.25, 0.3) is 5.69 Å². The van der Waals surface area contributed by atoms with Crippen LogP contribution < -0.4 is 9.80 Å². The summed E-state index contributed by atoms with van der Waals surface area (Å²) in [6.07, 6.45) is 3.02. The Bertz CT molecular complexity index is 951. The molecule has 4 rings (SSSR count). The van der Waals surface area contributed by atoms with E-state index < -0.39 is 4.92 Å². The molecule has 3 heterocycles. The first-order chi connectivity index (χ1) is 13.6. The van der Waals surface area contributed by atoms with Crippen LogP contribution in [0.2, 0.25) is 5.02 Å². The minimum atomic E-state index is -0.444. The van der Waals surface area contributed by atoms with Gasteiger partial charge in [-0.1, -0.05) is 23.7 Å². The number of rotatable bonds is 5. The summed E-state index contributed by atoms with van der Waals surface area (Å²) in [5.74, 6) is 1.44. The van der Waals surface area contributed by atoms with E-state index in [-0.39, 0.29) is 5.69 Å². The van der Waals surface area contributed by atoms with Crippen molar-refractivity contribution in [2.24, 2.45) is 0 Å². The van der Waals surface area contributed by atoms with Crippen LogP contribution in [0.15, 0.2) is 48.9 Å². The van der Waals surface area contributed by atoms with Gasteiger partial charge in [0.15, 0.2) is 0 Å². The van der Waals surface area contributed by atoms with Gasteiger partial charge in [0.2, 0.25) is 5.95 Å². The maximum absolute atomic E-state index is 10.7. The molecular weight excluding hydrogens is 382 g/mol. The Morgan fingerprint density at radius 1 is 1.00 bits per heavy atom. The standard InChI is InChI=1S/C18H18ClN7O2/c19-15-3-1-14(2-4-15)12-25-13-21-18(22-25)24-9-7-23(8-10-24)17-6-5-16(11-20-17)26(27)28/h1-6,11,13H,7-10,12H2. The second-order valence-corrected chi connectivity index (χ2v) is 6.91. The van der Waals surface area contributed by atoms with E-state index in [2.05, 4.69) is 24.9 Å². The fourth-order valence-corrected chi connectivity index (χ4v) is 3.22. The van der Waals surface area contributed by atoms with E-state index in [0.29, 0.717) is 17.5 Å². The zero-order valence-electron chi connectivity index (χ0n) is 15.0. The van der Waals surface area contributed by atoms with E-state index in [1.54, 1.807) is 12.4 Å². The molecule has 0 N–H and O–H groups in total. The fraction of sp³-hybridized carbons (Fsp3) is 0.278. The van der Waals surface area contributed by atoms with Crippen LogP contribution >= 0.6 is 11.6 Å². The van der Waals surface area contributed by atoms with Crippen molar-refractivity contribution in [2.75, 3.05) is 36.0 Å². The second kappa shape index (κ2) is 7.81. The Hall–Kier alpha value is -3.20. The number of hydrogen-bond donors (Lipinski definition) is 0. The van der Waals surface area contributed by atoms with E-state index in [1.165, 1.54) is 12.3 Å². The molecule has 0 atom stereocenters. The van der Waals surface area contributed by atoms with Crippen molar-refractivity contribution >= 4 is 29.1 Å². The van der Waals surface area contributed by atoms with E-state index in [1.807, 2.05) is 28.9 Å². The Kier molecular flexibility index (Phi) is 5.07. The summed E-state index contributed by atoms with van der Waals surface area (Å²) >= 11 is 5.92. The maximum Gasteiger partial charge on any atom is 0.287 e. The van der Waals surface area contributed by atoms with Crippen molar-refractivity contribution in [2.45, 2.75) is 6.54 Å². The van der Waals surface area contributed by atoms with E-state index >= 15 is 0 Å². The van der Waals surface area contributed by atoms with Gasteiger partial charge in [-0.05, 0) is 23.8 Å². The first kappa shape index (κ1) is 18.2. The maximum atomic E-state index is 10.7. The lowest BCUT2D eigenvalue weighted by molar-refractivity contribution is -0.385. The van der Waals surface area contributed by atoms with Crippen molar-refractivity contribution in [3.05, 3.63) is 69.6 Å². The van der Waals surface area contributed by atoms with Crippen molar-refractivity contribution in [1.29, 1.82) is 0 Å². The third-order valence-electron chi connectivity index (χ3n) is 4.61.